The van der Waals surface area contributed by atoms with E-state index >= 15 is 0 Å². The van der Waals surface area contributed by atoms with E-state index in [-0.39, 0.29) is 16.7 Å². The van der Waals surface area contributed by atoms with E-state index in [0.29, 0.717) is 6.61 Å². The lowest BCUT2D eigenvalue weighted by Gasteiger charge is -2.38. The van der Waals surface area contributed by atoms with Crippen LogP contribution in [0.1, 0.15) is 48.5 Å². The van der Waals surface area contributed by atoms with Crippen LogP contribution in [0.15, 0.2) is 0 Å². The minimum atomic E-state index is -1.64. The van der Waals surface area contributed by atoms with Crippen LogP contribution >= 0.6 is 0 Å². The van der Waals surface area contributed by atoms with Crippen molar-refractivity contribution < 1.29 is 9.16 Å². The van der Waals surface area contributed by atoms with Gasteiger partial charge in [-0.3, -0.25) is 0 Å². The average molecular weight is 246 g/mol. The Balaban J connectivity index is 4.20. The van der Waals surface area contributed by atoms with Gasteiger partial charge >= 0.3 is 0 Å². The van der Waals surface area contributed by atoms with Crippen molar-refractivity contribution in [2.45, 2.75) is 78.3 Å². The SMILES string of the molecule is CC(COC(C)(C)C)O[Si](C)(C)C(C)(C)C. The Morgan fingerprint density at radius 3 is 1.75 bits per heavy atom. The first kappa shape index (κ1) is 16.1. The summed E-state index contributed by atoms with van der Waals surface area (Å²) in [6.07, 6.45) is 0.181. The van der Waals surface area contributed by atoms with Crippen LogP contribution in [0.25, 0.3) is 0 Å². The molecule has 0 fully saturated rings. The highest BCUT2D eigenvalue weighted by molar-refractivity contribution is 6.74. The highest BCUT2D eigenvalue weighted by Crippen LogP contribution is 2.37. The van der Waals surface area contributed by atoms with Crippen LogP contribution < -0.4 is 0 Å². The second-order valence-electron chi connectivity index (χ2n) is 7.11. The van der Waals surface area contributed by atoms with Crippen molar-refractivity contribution in [2.24, 2.45) is 0 Å². The maximum Gasteiger partial charge on any atom is 0.192 e. The van der Waals surface area contributed by atoms with E-state index in [2.05, 4.69) is 61.6 Å². The van der Waals surface area contributed by atoms with Crippen LogP contribution in [-0.2, 0) is 9.16 Å². The molecule has 1 atom stereocenters. The van der Waals surface area contributed by atoms with Crippen LogP contribution in [0.4, 0.5) is 0 Å². The molecule has 0 saturated carbocycles. The van der Waals surface area contributed by atoms with Crippen LogP contribution in [0.2, 0.25) is 18.1 Å². The highest BCUT2D eigenvalue weighted by Gasteiger charge is 2.38. The maximum atomic E-state index is 6.21. The van der Waals surface area contributed by atoms with Crippen LogP contribution in [0, 0.1) is 0 Å². The van der Waals surface area contributed by atoms with Crippen molar-refractivity contribution >= 4 is 8.32 Å². The molecule has 0 N–H and O–H groups in total. The Bertz CT molecular complexity index is 211. The zero-order chi connectivity index (χ0) is 13.2. The summed E-state index contributed by atoms with van der Waals surface area (Å²) in [4.78, 5) is 0. The normalized spacial score (nSPS) is 16.3. The van der Waals surface area contributed by atoms with Gasteiger partial charge in [-0.05, 0) is 45.8 Å². The molecule has 0 saturated heterocycles. The number of rotatable bonds is 4. The second kappa shape index (κ2) is 5.19. The molecule has 0 aromatic heterocycles. The fourth-order valence-electron chi connectivity index (χ4n) is 1.08. The van der Waals surface area contributed by atoms with E-state index in [1.807, 2.05) is 0 Å². The summed E-state index contributed by atoms with van der Waals surface area (Å²) in [6.45, 7) is 20.3. The lowest BCUT2D eigenvalue weighted by Crippen LogP contribution is -2.44. The summed E-state index contributed by atoms with van der Waals surface area (Å²) in [5, 5.41) is 0.267. The number of hydrogen-bond donors (Lipinski definition) is 0. The largest absolute Gasteiger partial charge is 0.412 e. The topological polar surface area (TPSA) is 18.5 Å². The van der Waals surface area contributed by atoms with Gasteiger partial charge in [0.2, 0.25) is 0 Å². The van der Waals surface area contributed by atoms with E-state index in [1.165, 1.54) is 0 Å². The van der Waals surface area contributed by atoms with Crippen molar-refractivity contribution in [3.8, 4) is 0 Å². The first-order valence-corrected chi connectivity index (χ1v) is 9.08. The molecule has 2 nitrogen and oxygen atoms in total. The third-order valence-electron chi connectivity index (χ3n) is 3.05. The van der Waals surface area contributed by atoms with Gasteiger partial charge in [-0.25, -0.2) is 0 Å². The molecule has 0 amide bonds. The van der Waals surface area contributed by atoms with E-state index < -0.39 is 8.32 Å². The molecule has 0 radical (unpaired) electrons. The van der Waals surface area contributed by atoms with Crippen LogP contribution in [0.3, 0.4) is 0 Å². The molecule has 3 heteroatoms. The molecule has 1 unspecified atom stereocenters. The summed E-state index contributed by atoms with van der Waals surface area (Å²) in [5.74, 6) is 0. The molecule has 0 aliphatic heterocycles. The molecule has 0 aliphatic rings. The van der Waals surface area contributed by atoms with Gasteiger partial charge in [0.15, 0.2) is 8.32 Å². The molecule has 0 aromatic carbocycles. The molecular formula is C13H30O2Si. The fourth-order valence-corrected chi connectivity index (χ4v) is 2.51. The third-order valence-corrected chi connectivity index (χ3v) is 7.66. The molecule has 0 heterocycles. The van der Waals surface area contributed by atoms with Gasteiger partial charge in [0.05, 0.1) is 18.3 Å². The second-order valence-corrected chi connectivity index (χ2v) is 11.9. The van der Waals surface area contributed by atoms with Gasteiger partial charge in [-0.1, -0.05) is 20.8 Å². The van der Waals surface area contributed by atoms with Gasteiger partial charge in [-0.2, -0.15) is 0 Å². The Labute approximate surface area is 103 Å². The smallest absolute Gasteiger partial charge is 0.192 e. The Hall–Kier alpha value is 0.137. The Kier molecular flexibility index (Phi) is 5.24. The van der Waals surface area contributed by atoms with Gasteiger partial charge < -0.3 is 9.16 Å². The summed E-state index contributed by atoms with van der Waals surface area (Å²) in [7, 11) is -1.64. The fraction of sp³-hybridized carbons (Fsp3) is 1.00. The average Bonchev–Trinajstić information content (AvgIpc) is 1.96. The van der Waals surface area contributed by atoms with Crippen molar-refractivity contribution in [1.82, 2.24) is 0 Å². The van der Waals surface area contributed by atoms with Crippen molar-refractivity contribution in [3.05, 3.63) is 0 Å². The number of hydrogen-bond acceptors (Lipinski definition) is 2. The lowest BCUT2D eigenvalue weighted by molar-refractivity contribution is -0.0403. The molecule has 16 heavy (non-hydrogen) atoms. The van der Waals surface area contributed by atoms with Crippen LogP contribution in [0.5, 0.6) is 0 Å². The highest BCUT2D eigenvalue weighted by atomic mass is 28.4. The molecular weight excluding hydrogens is 216 g/mol. The maximum absolute atomic E-state index is 6.21. The van der Waals surface area contributed by atoms with Gasteiger partial charge in [0.25, 0.3) is 0 Å². The quantitative estimate of drug-likeness (QED) is 0.692. The molecule has 98 valence electrons. The molecule has 0 aromatic rings. The van der Waals surface area contributed by atoms with Crippen molar-refractivity contribution in [3.63, 3.8) is 0 Å². The standard InChI is InChI=1S/C13H30O2Si/c1-11(10-14-12(2,3)4)15-16(8,9)13(5,6)7/h11H,10H2,1-9H3. The Morgan fingerprint density at radius 2 is 1.44 bits per heavy atom. The number of ether oxygens (including phenoxy) is 1. The Morgan fingerprint density at radius 1 is 1.00 bits per heavy atom. The van der Waals surface area contributed by atoms with E-state index in [9.17, 15) is 0 Å². The van der Waals surface area contributed by atoms with E-state index in [4.69, 9.17) is 9.16 Å². The monoisotopic (exact) mass is 246 g/mol. The summed E-state index contributed by atoms with van der Waals surface area (Å²) in [6, 6.07) is 0. The van der Waals surface area contributed by atoms with Gasteiger partial charge in [-0.15, -0.1) is 0 Å². The van der Waals surface area contributed by atoms with Gasteiger partial charge in [0.1, 0.15) is 0 Å². The zero-order valence-corrected chi connectivity index (χ0v) is 13.6. The molecule has 0 bridgehead atoms. The van der Waals surface area contributed by atoms with Gasteiger partial charge in [0, 0.05) is 0 Å². The minimum Gasteiger partial charge on any atom is -0.412 e. The van der Waals surface area contributed by atoms with E-state index in [1.54, 1.807) is 0 Å². The zero-order valence-electron chi connectivity index (χ0n) is 12.6. The van der Waals surface area contributed by atoms with Crippen molar-refractivity contribution in [2.75, 3.05) is 6.61 Å². The summed E-state index contributed by atoms with van der Waals surface area (Å²) < 4.78 is 12.0. The summed E-state index contributed by atoms with van der Waals surface area (Å²) >= 11 is 0. The molecule has 0 rings (SSSR count). The predicted molar refractivity (Wildman–Crippen MR) is 73.4 cm³/mol. The first-order chi connectivity index (χ1) is 6.85. The van der Waals surface area contributed by atoms with Crippen LogP contribution in [-0.4, -0.2) is 26.6 Å². The third kappa shape index (κ3) is 6.02. The predicted octanol–water partition coefficient (Wildman–Crippen LogP) is 4.21. The van der Waals surface area contributed by atoms with Crippen molar-refractivity contribution in [1.29, 1.82) is 0 Å². The van der Waals surface area contributed by atoms with E-state index in [0.717, 1.165) is 0 Å². The minimum absolute atomic E-state index is 0.0783. The lowest BCUT2D eigenvalue weighted by atomic mass is 10.2. The molecule has 0 aliphatic carbocycles. The first-order valence-electron chi connectivity index (χ1n) is 6.17. The molecule has 0 spiro atoms. The summed E-state index contributed by atoms with van der Waals surface area (Å²) in [5.41, 5.74) is -0.0783.